The fourth-order valence-corrected chi connectivity index (χ4v) is 2.43. The van der Waals surface area contributed by atoms with E-state index < -0.39 is 0 Å². The number of hydrogen-bond donors (Lipinski definition) is 2. The molecule has 1 saturated heterocycles. The second kappa shape index (κ2) is 6.06. The van der Waals surface area contributed by atoms with E-state index in [2.05, 4.69) is 5.32 Å². The average Bonchev–Trinajstić information content (AvgIpc) is 2.86. The molecule has 1 aromatic rings. The van der Waals surface area contributed by atoms with E-state index in [1.54, 1.807) is 6.07 Å². The normalized spacial score (nSPS) is 18.5. The molecule has 1 heterocycles. The number of nitrogens with one attached hydrogen (secondary N) is 1. The van der Waals surface area contributed by atoms with Gasteiger partial charge in [0.05, 0.1) is 6.10 Å². The third-order valence-electron chi connectivity index (χ3n) is 3.63. The zero-order valence-corrected chi connectivity index (χ0v) is 11.7. The van der Waals surface area contributed by atoms with Crippen LogP contribution in [0.5, 0.6) is 0 Å². The lowest BCUT2D eigenvalue weighted by molar-refractivity contribution is 0.0907. The molecule has 0 saturated carbocycles. The third-order valence-corrected chi connectivity index (χ3v) is 3.63. The van der Waals surface area contributed by atoms with Crippen molar-refractivity contribution in [2.45, 2.75) is 39.2 Å². The van der Waals surface area contributed by atoms with Crippen LogP contribution in [-0.2, 0) is 4.74 Å². The Hall–Kier alpha value is -1.55. The van der Waals surface area contributed by atoms with Crippen LogP contribution in [0.4, 0.5) is 5.69 Å². The Morgan fingerprint density at radius 2 is 2.21 bits per heavy atom. The van der Waals surface area contributed by atoms with Crippen LogP contribution in [0.25, 0.3) is 0 Å². The first-order chi connectivity index (χ1) is 9.08. The first kappa shape index (κ1) is 13.9. The Bertz CT molecular complexity index is 465. The molecule has 1 aliphatic rings. The lowest BCUT2D eigenvalue weighted by atomic mass is 10.0. The standard InChI is InChI=1S/C15H22N2O2/c1-10-8-11(2)14(16)9-13(10)15(18)17-6-5-12-4-3-7-19-12/h8-9,12H,3-7,16H2,1-2H3,(H,17,18). The van der Waals surface area contributed by atoms with Crippen molar-refractivity contribution in [3.05, 3.63) is 28.8 Å². The fourth-order valence-electron chi connectivity index (χ4n) is 2.43. The molecule has 1 aromatic carbocycles. The summed E-state index contributed by atoms with van der Waals surface area (Å²) in [6.07, 6.45) is 3.43. The summed E-state index contributed by atoms with van der Waals surface area (Å²) in [5.41, 5.74) is 9.15. The molecule has 0 aliphatic carbocycles. The van der Waals surface area contributed by atoms with Gasteiger partial charge in [0.1, 0.15) is 0 Å². The summed E-state index contributed by atoms with van der Waals surface area (Å²) in [7, 11) is 0. The van der Waals surface area contributed by atoms with Gasteiger partial charge in [-0.3, -0.25) is 4.79 Å². The zero-order valence-electron chi connectivity index (χ0n) is 11.7. The molecule has 1 aliphatic heterocycles. The Balaban J connectivity index is 1.90. The molecule has 0 bridgehead atoms. The number of ether oxygens (including phenoxy) is 1. The smallest absolute Gasteiger partial charge is 0.251 e. The van der Waals surface area contributed by atoms with Crippen LogP contribution in [0.1, 0.15) is 40.7 Å². The summed E-state index contributed by atoms with van der Waals surface area (Å²) >= 11 is 0. The topological polar surface area (TPSA) is 64.3 Å². The van der Waals surface area contributed by atoms with Crippen molar-refractivity contribution in [2.75, 3.05) is 18.9 Å². The minimum atomic E-state index is -0.0535. The SMILES string of the molecule is Cc1cc(C)c(C(=O)NCCC2CCCO2)cc1N. The quantitative estimate of drug-likeness (QED) is 0.817. The number of anilines is 1. The van der Waals surface area contributed by atoms with Gasteiger partial charge in [-0.1, -0.05) is 6.07 Å². The van der Waals surface area contributed by atoms with E-state index in [4.69, 9.17) is 10.5 Å². The van der Waals surface area contributed by atoms with Crippen molar-refractivity contribution in [1.82, 2.24) is 5.32 Å². The van der Waals surface area contributed by atoms with Crippen LogP contribution in [0.2, 0.25) is 0 Å². The first-order valence-corrected chi connectivity index (χ1v) is 6.84. The molecule has 0 aromatic heterocycles. The fraction of sp³-hybridized carbons (Fsp3) is 0.533. The third kappa shape index (κ3) is 3.47. The molecule has 0 spiro atoms. The van der Waals surface area contributed by atoms with Gasteiger partial charge in [0.2, 0.25) is 0 Å². The van der Waals surface area contributed by atoms with Gasteiger partial charge >= 0.3 is 0 Å². The number of carbonyl (C=O) groups excluding carboxylic acids is 1. The Kier molecular flexibility index (Phi) is 4.43. The summed E-state index contributed by atoms with van der Waals surface area (Å²) in [5.74, 6) is -0.0535. The summed E-state index contributed by atoms with van der Waals surface area (Å²) < 4.78 is 5.53. The number of aryl methyl sites for hydroxylation is 2. The van der Waals surface area contributed by atoms with Gasteiger partial charge in [0, 0.05) is 24.4 Å². The number of amides is 1. The van der Waals surface area contributed by atoms with Crippen molar-refractivity contribution in [3.63, 3.8) is 0 Å². The van der Waals surface area contributed by atoms with Crippen LogP contribution in [0.15, 0.2) is 12.1 Å². The zero-order chi connectivity index (χ0) is 13.8. The van der Waals surface area contributed by atoms with Crippen molar-refractivity contribution >= 4 is 11.6 Å². The van der Waals surface area contributed by atoms with Crippen molar-refractivity contribution in [3.8, 4) is 0 Å². The van der Waals surface area contributed by atoms with Crippen LogP contribution >= 0.6 is 0 Å². The van der Waals surface area contributed by atoms with Crippen LogP contribution in [-0.4, -0.2) is 25.2 Å². The van der Waals surface area contributed by atoms with Gasteiger partial charge in [-0.25, -0.2) is 0 Å². The van der Waals surface area contributed by atoms with Gasteiger partial charge in [-0.2, -0.15) is 0 Å². The Morgan fingerprint density at radius 1 is 1.42 bits per heavy atom. The number of hydrogen-bond acceptors (Lipinski definition) is 3. The lowest BCUT2D eigenvalue weighted by Gasteiger charge is -2.12. The maximum atomic E-state index is 12.1. The van der Waals surface area contributed by atoms with E-state index >= 15 is 0 Å². The summed E-state index contributed by atoms with van der Waals surface area (Å²) in [5, 5.41) is 2.94. The second-order valence-corrected chi connectivity index (χ2v) is 5.20. The second-order valence-electron chi connectivity index (χ2n) is 5.20. The van der Waals surface area contributed by atoms with Crippen molar-refractivity contribution in [1.29, 1.82) is 0 Å². The first-order valence-electron chi connectivity index (χ1n) is 6.84. The molecule has 4 heteroatoms. The van der Waals surface area contributed by atoms with Crippen LogP contribution in [0.3, 0.4) is 0 Å². The van der Waals surface area contributed by atoms with Gasteiger partial charge in [0.15, 0.2) is 0 Å². The predicted molar refractivity (Wildman–Crippen MR) is 76.3 cm³/mol. The number of benzene rings is 1. The number of nitrogen functional groups attached to an aromatic ring is 1. The molecule has 1 amide bonds. The molecule has 2 rings (SSSR count). The monoisotopic (exact) mass is 262 g/mol. The highest BCUT2D eigenvalue weighted by Crippen LogP contribution is 2.18. The molecule has 1 fully saturated rings. The van der Waals surface area contributed by atoms with Gasteiger partial charge in [-0.05, 0) is 50.3 Å². The molecular weight excluding hydrogens is 240 g/mol. The molecule has 4 nitrogen and oxygen atoms in total. The molecule has 104 valence electrons. The molecular formula is C15H22N2O2. The molecule has 3 N–H and O–H groups in total. The van der Waals surface area contributed by atoms with Gasteiger partial charge < -0.3 is 15.8 Å². The van der Waals surface area contributed by atoms with Crippen LogP contribution < -0.4 is 11.1 Å². The molecule has 19 heavy (non-hydrogen) atoms. The van der Waals surface area contributed by atoms with Crippen molar-refractivity contribution in [2.24, 2.45) is 0 Å². The molecule has 1 unspecified atom stereocenters. The lowest BCUT2D eigenvalue weighted by Crippen LogP contribution is -2.27. The predicted octanol–water partition coefficient (Wildman–Crippen LogP) is 2.18. The van der Waals surface area contributed by atoms with Crippen LogP contribution in [0, 0.1) is 13.8 Å². The maximum absolute atomic E-state index is 12.1. The van der Waals surface area contributed by atoms with E-state index in [9.17, 15) is 4.79 Å². The highest BCUT2D eigenvalue weighted by atomic mass is 16.5. The highest BCUT2D eigenvalue weighted by molar-refractivity contribution is 5.96. The maximum Gasteiger partial charge on any atom is 0.251 e. The minimum Gasteiger partial charge on any atom is -0.398 e. The van der Waals surface area contributed by atoms with E-state index in [1.807, 2.05) is 19.9 Å². The number of rotatable bonds is 4. The summed E-state index contributed by atoms with van der Waals surface area (Å²) in [6, 6.07) is 3.70. The number of nitrogens with two attached hydrogens (primary N) is 1. The molecule has 1 atom stereocenters. The van der Waals surface area contributed by atoms with E-state index in [-0.39, 0.29) is 5.91 Å². The minimum absolute atomic E-state index is 0.0535. The largest absolute Gasteiger partial charge is 0.398 e. The van der Waals surface area contributed by atoms with E-state index in [1.165, 1.54) is 0 Å². The van der Waals surface area contributed by atoms with Gasteiger partial charge in [0.25, 0.3) is 5.91 Å². The Morgan fingerprint density at radius 3 is 2.89 bits per heavy atom. The number of carbonyl (C=O) groups is 1. The van der Waals surface area contributed by atoms with E-state index in [0.29, 0.717) is 23.9 Å². The van der Waals surface area contributed by atoms with Gasteiger partial charge in [-0.15, -0.1) is 0 Å². The highest BCUT2D eigenvalue weighted by Gasteiger charge is 2.16. The average molecular weight is 262 g/mol. The van der Waals surface area contributed by atoms with Crippen molar-refractivity contribution < 1.29 is 9.53 Å². The summed E-state index contributed by atoms with van der Waals surface area (Å²) in [6.45, 7) is 5.38. The molecule has 0 radical (unpaired) electrons. The summed E-state index contributed by atoms with van der Waals surface area (Å²) in [4.78, 5) is 12.1. The van der Waals surface area contributed by atoms with E-state index in [0.717, 1.165) is 37.0 Å². The Labute approximate surface area is 114 Å².